The van der Waals surface area contributed by atoms with E-state index in [1.165, 1.54) is 11.1 Å². The summed E-state index contributed by atoms with van der Waals surface area (Å²) in [6, 6.07) is 6.07. The van der Waals surface area contributed by atoms with E-state index in [-0.39, 0.29) is 0 Å². The summed E-state index contributed by atoms with van der Waals surface area (Å²) in [6.45, 7) is 4.06. The Hall–Kier alpha value is -1.24. The Morgan fingerprint density at radius 3 is 2.18 bits per heavy atom. The maximum Gasteiger partial charge on any atom is 0.0797 e. The van der Waals surface area contributed by atoms with Crippen LogP contribution in [0.1, 0.15) is 16.7 Å². The van der Waals surface area contributed by atoms with Crippen LogP contribution in [0, 0.1) is 13.8 Å². The molecule has 0 saturated heterocycles. The SMILES string of the molecule is Cc1cccc(C)c1C=CO. The van der Waals surface area contributed by atoms with Crippen molar-refractivity contribution in [1.29, 1.82) is 0 Å². The monoisotopic (exact) mass is 148 g/mol. The zero-order valence-electron chi connectivity index (χ0n) is 6.83. The number of benzene rings is 1. The molecule has 11 heavy (non-hydrogen) atoms. The summed E-state index contributed by atoms with van der Waals surface area (Å²) in [5, 5.41) is 8.59. The standard InChI is InChI=1S/C10H12O/c1-8-4-3-5-9(2)10(8)6-7-11/h3-7,11H,1-2H3. The quantitative estimate of drug-likeness (QED) is 0.607. The molecule has 0 amide bonds. The Labute approximate surface area is 67.0 Å². The lowest BCUT2D eigenvalue weighted by Crippen LogP contribution is -1.84. The smallest absolute Gasteiger partial charge is 0.0797 e. The average Bonchev–Trinajstić information content (AvgIpc) is 1.97. The van der Waals surface area contributed by atoms with E-state index < -0.39 is 0 Å². The molecule has 0 saturated carbocycles. The second kappa shape index (κ2) is 3.24. The van der Waals surface area contributed by atoms with Gasteiger partial charge in [0.15, 0.2) is 0 Å². The van der Waals surface area contributed by atoms with Crippen LogP contribution in [0.4, 0.5) is 0 Å². The summed E-state index contributed by atoms with van der Waals surface area (Å²) < 4.78 is 0. The van der Waals surface area contributed by atoms with Gasteiger partial charge in [-0.1, -0.05) is 18.2 Å². The number of hydrogen-bond donors (Lipinski definition) is 1. The highest BCUT2D eigenvalue weighted by atomic mass is 16.2. The van der Waals surface area contributed by atoms with Crippen molar-refractivity contribution in [3.8, 4) is 0 Å². The molecular weight excluding hydrogens is 136 g/mol. The topological polar surface area (TPSA) is 20.2 Å². The predicted octanol–water partition coefficient (Wildman–Crippen LogP) is 2.83. The van der Waals surface area contributed by atoms with Crippen LogP contribution < -0.4 is 0 Å². The summed E-state index contributed by atoms with van der Waals surface area (Å²) in [5.74, 6) is 0. The molecule has 1 aromatic carbocycles. The van der Waals surface area contributed by atoms with E-state index >= 15 is 0 Å². The molecule has 0 bridgehead atoms. The molecule has 0 fully saturated rings. The average molecular weight is 148 g/mol. The molecule has 58 valence electrons. The highest BCUT2D eigenvalue weighted by Gasteiger charge is 1.95. The lowest BCUT2D eigenvalue weighted by molar-refractivity contribution is 0.478. The lowest BCUT2D eigenvalue weighted by atomic mass is 10.0. The lowest BCUT2D eigenvalue weighted by Gasteiger charge is -2.02. The number of rotatable bonds is 1. The highest BCUT2D eigenvalue weighted by Crippen LogP contribution is 2.14. The molecule has 0 radical (unpaired) electrons. The van der Waals surface area contributed by atoms with Crippen LogP contribution in [0.5, 0.6) is 0 Å². The Morgan fingerprint density at radius 2 is 1.73 bits per heavy atom. The molecule has 0 atom stereocenters. The van der Waals surface area contributed by atoms with E-state index in [9.17, 15) is 0 Å². The van der Waals surface area contributed by atoms with Crippen LogP contribution >= 0.6 is 0 Å². The third-order valence-electron chi connectivity index (χ3n) is 1.78. The van der Waals surface area contributed by atoms with E-state index in [4.69, 9.17) is 5.11 Å². The number of aliphatic hydroxyl groups excluding tert-OH is 1. The van der Waals surface area contributed by atoms with E-state index in [2.05, 4.69) is 0 Å². The molecule has 1 heteroatoms. The van der Waals surface area contributed by atoms with Crippen molar-refractivity contribution >= 4 is 6.08 Å². The summed E-state index contributed by atoms with van der Waals surface area (Å²) >= 11 is 0. The highest BCUT2D eigenvalue weighted by molar-refractivity contribution is 5.56. The summed E-state index contributed by atoms with van der Waals surface area (Å²) in [7, 11) is 0. The first-order chi connectivity index (χ1) is 5.25. The van der Waals surface area contributed by atoms with Crippen molar-refractivity contribution < 1.29 is 5.11 Å². The molecule has 1 rings (SSSR count). The molecule has 1 nitrogen and oxygen atoms in total. The molecule has 0 aliphatic heterocycles. The first-order valence-electron chi connectivity index (χ1n) is 3.62. The molecule has 0 spiro atoms. The van der Waals surface area contributed by atoms with Crippen molar-refractivity contribution in [2.45, 2.75) is 13.8 Å². The van der Waals surface area contributed by atoms with Crippen molar-refractivity contribution in [2.75, 3.05) is 0 Å². The molecule has 1 N–H and O–H groups in total. The Balaban J connectivity index is 3.20. The number of aryl methyl sites for hydroxylation is 2. The van der Waals surface area contributed by atoms with Crippen LogP contribution in [0.3, 0.4) is 0 Å². The third kappa shape index (κ3) is 1.61. The maximum atomic E-state index is 8.59. The van der Waals surface area contributed by atoms with Crippen molar-refractivity contribution in [3.05, 3.63) is 41.2 Å². The van der Waals surface area contributed by atoms with E-state index in [1.54, 1.807) is 6.08 Å². The largest absolute Gasteiger partial charge is 0.516 e. The van der Waals surface area contributed by atoms with E-state index in [0.29, 0.717) is 0 Å². The molecule has 0 aliphatic carbocycles. The van der Waals surface area contributed by atoms with Crippen LogP contribution in [0.25, 0.3) is 6.08 Å². The molecule has 0 unspecified atom stereocenters. The van der Waals surface area contributed by atoms with Gasteiger partial charge in [-0.25, -0.2) is 0 Å². The summed E-state index contributed by atoms with van der Waals surface area (Å²) in [6.07, 6.45) is 2.79. The van der Waals surface area contributed by atoms with Crippen molar-refractivity contribution in [1.82, 2.24) is 0 Å². The van der Waals surface area contributed by atoms with Crippen molar-refractivity contribution in [3.63, 3.8) is 0 Å². The van der Waals surface area contributed by atoms with Gasteiger partial charge < -0.3 is 5.11 Å². The van der Waals surface area contributed by atoms with Gasteiger partial charge in [-0.2, -0.15) is 0 Å². The molecule has 0 aliphatic rings. The van der Waals surface area contributed by atoms with Crippen LogP contribution in [0.2, 0.25) is 0 Å². The number of aliphatic hydroxyl groups is 1. The predicted molar refractivity (Wildman–Crippen MR) is 47.6 cm³/mol. The van der Waals surface area contributed by atoms with Gasteiger partial charge in [0.25, 0.3) is 0 Å². The van der Waals surface area contributed by atoms with Crippen LogP contribution in [-0.2, 0) is 0 Å². The molecule has 0 aromatic heterocycles. The first kappa shape index (κ1) is 7.86. The van der Waals surface area contributed by atoms with Crippen LogP contribution in [0.15, 0.2) is 24.5 Å². The second-order valence-electron chi connectivity index (χ2n) is 2.62. The fraction of sp³-hybridized carbons (Fsp3) is 0.200. The fourth-order valence-corrected chi connectivity index (χ4v) is 1.16. The summed E-state index contributed by atoms with van der Waals surface area (Å²) in [4.78, 5) is 0. The minimum Gasteiger partial charge on any atom is -0.516 e. The van der Waals surface area contributed by atoms with Gasteiger partial charge in [0, 0.05) is 0 Å². The Morgan fingerprint density at radius 1 is 1.18 bits per heavy atom. The van der Waals surface area contributed by atoms with Gasteiger partial charge in [0.05, 0.1) is 6.26 Å². The zero-order chi connectivity index (χ0) is 8.27. The molecule has 0 heterocycles. The Bertz CT molecular complexity index is 254. The van der Waals surface area contributed by atoms with Gasteiger partial charge in [-0.15, -0.1) is 0 Å². The van der Waals surface area contributed by atoms with Gasteiger partial charge in [-0.3, -0.25) is 0 Å². The second-order valence-corrected chi connectivity index (χ2v) is 2.62. The molecule has 1 aromatic rings. The zero-order valence-corrected chi connectivity index (χ0v) is 6.83. The fourth-order valence-electron chi connectivity index (χ4n) is 1.16. The third-order valence-corrected chi connectivity index (χ3v) is 1.78. The van der Waals surface area contributed by atoms with Gasteiger partial charge >= 0.3 is 0 Å². The maximum absolute atomic E-state index is 8.59. The molecular formula is C10H12O. The van der Waals surface area contributed by atoms with E-state index in [0.717, 1.165) is 11.8 Å². The van der Waals surface area contributed by atoms with Gasteiger partial charge in [0.1, 0.15) is 0 Å². The minimum atomic E-state index is 1.08. The van der Waals surface area contributed by atoms with Crippen LogP contribution in [-0.4, -0.2) is 5.11 Å². The van der Waals surface area contributed by atoms with Gasteiger partial charge in [-0.05, 0) is 36.6 Å². The minimum absolute atomic E-state index is 1.08. The number of hydrogen-bond acceptors (Lipinski definition) is 1. The van der Waals surface area contributed by atoms with Gasteiger partial charge in [0.2, 0.25) is 0 Å². The van der Waals surface area contributed by atoms with Crippen molar-refractivity contribution in [2.24, 2.45) is 0 Å². The van der Waals surface area contributed by atoms with E-state index in [1.807, 2.05) is 32.0 Å². The Kier molecular flexibility index (Phi) is 2.32. The first-order valence-corrected chi connectivity index (χ1v) is 3.62. The summed E-state index contributed by atoms with van der Waals surface area (Å²) in [5.41, 5.74) is 3.49. The normalized spacial score (nSPS) is 10.7.